The number of fused-ring (bicyclic) bond motifs is 3. The number of esters is 2. The lowest BCUT2D eigenvalue weighted by atomic mass is 9.98. The Kier molecular flexibility index (Phi) is 12.9. The Labute approximate surface area is 363 Å². The molecule has 1 aromatic carbocycles. The number of halogens is 2. The highest BCUT2D eigenvalue weighted by atomic mass is 32.1. The number of aromatic nitrogens is 1. The molecule has 0 spiro atoms. The molecule has 0 bridgehead atoms. The van der Waals surface area contributed by atoms with Crippen LogP contribution in [-0.4, -0.2) is 90.4 Å². The van der Waals surface area contributed by atoms with Gasteiger partial charge in [-0.3, -0.25) is 42.6 Å². The monoisotopic (exact) mass is 901 g/mol. The smallest absolute Gasteiger partial charge is 0.410 e. The number of amides is 3. The number of nitrogens with one attached hydrogen (secondary N) is 2. The van der Waals surface area contributed by atoms with E-state index in [0.29, 0.717) is 36.4 Å². The van der Waals surface area contributed by atoms with E-state index in [1.807, 2.05) is 12.1 Å². The molecule has 2 N–H and O–H groups in total. The standard InChI is InChI=1S/C43H54F2N5O10PS/c1-41(2,3)39(54)57-23-59-61(56,60-24-58-40(55)42(4,5)6)43(44,45)28-9-12-34-27(17-28)20-35(62-34)37(52)48-32-19-26-16-25(26)18-30-10-11-33(50(30)38(32)53)36(51)47-29-13-15-49(22-29)31-8-7-14-46-21-31/h7-9,12,14,17,20-21,25-26,29-30,32-33H,10-11,13,15-16,18-19,22-24H2,1-6H3,(H,47,51)(H,48,52)/t25-,26+,29+,30+,32-,33-/m0/s1. The topological polar surface area (TPSA) is 183 Å². The van der Waals surface area contributed by atoms with Crippen LogP contribution in [0.25, 0.3) is 10.1 Å². The summed E-state index contributed by atoms with van der Waals surface area (Å²) >= 11 is 1.02. The number of hydrogen-bond acceptors (Lipinski definition) is 13. The summed E-state index contributed by atoms with van der Waals surface area (Å²) in [5.74, 6) is -2.06. The number of alkyl halides is 2. The third kappa shape index (κ3) is 9.83. The molecule has 7 rings (SSSR count). The zero-order valence-corrected chi connectivity index (χ0v) is 37.4. The minimum atomic E-state index is -5.58. The summed E-state index contributed by atoms with van der Waals surface area (Å²) in [4.78, 5) is 74.9. The van der Waals surface area contributed by atoms with Gasteiger partial charge in [-0.25, -0.2) is 0 Å². The van der Waals surface area contributed by atoms with E-state index in [0.717, 1.165) is 55.0 Å². The third-order valence-electron chi connectivity index (χ3n) is 11.9. The van der Waals surface area contributed by atoms with E-state index in [-0.39, 0.29) is 40.1 Å². The van der Waals surface area contributed by atoms with E-state index in [1.165, 1.54) is 53.7 Å². The van der Waals surface area contributed by atoms with Crippen molar-refractivity contribution >= 4 is 64.4 Å². The van der Waals surface area contributed by atoms with E-state index < -0.39 is 73.2 Å². The van der Waals surface area contributed by atoms with Crippen molar-refractivity contribution in [3.8, 4) is 0 Å². The Hall–Kier alpha value is -4.51. The van der Waals surface area contributed by atoms with E-state index in [2.05, 4.69) is 20.5 Å². The quantitative estimate of drug-likeness (QED) is 0.103. The van der Waals surface area contributed by atoms with Crippen LogP contribution in [0.1, 0.15) is 95.3 Å². The first-order chi connectivity index (χ1) is 29.1. The lowest BCUT2D eigenvalue weighted by molar-refractivity contribution is -0.163. The molecule has 0 unspecified atom stereocenters. The minimum Gasteiger partial charge on any atom is -0.438 e. The maximum absolute atomic E-state index is 16.3. The van der Waals surface area contributed by atoms with Crippen molar-refractivity contribution in [1.29, 1.82) is 0 Å². The number of ether oxygens (including phenoxy) is 2. The summed E-state index contributed by atoms with van der Waals surface area (Å²) in [5, 5.41) is 6.31. The van der Waals surface area contributed by atoms with Gasteiger partial charge in [0.05, 0.1) is 27.6 Å². The molecule has 3 aromatic rings. The molecule has 6 atom stereocenters. The molecule has 62 heavy (non-hydrogen) atoms. The molecule has 336 valence electrons. The van der Waals surface area contributed by atoms with Gasteiger partial charge in [-0.2, -0.15) is 8.78 Å². The molecular formula is C43H54F2N5O10PS. The van der Waals surface area contributed by atoms with Gasteiger partial charge in [0, 0.05) is 41.6 Å². The summed E-state index contributed by atoms with van der Waals surface area (Å²) in [6, 6.07) is 6.86. The second kappa shape index (κ2) is 17.6. The average molecular weight is 902 g/mol. The van der Waals surface area contributed by atoms with Gasteiger partial charge in [-0.15, -0.1) is 11.3 Å². The molecule has 3 amide bonds. The molecule has 0 radical (unpaired) electrons. The van der Waals surface area contributed by atoms with Gasteiger partial charge in [0.25, 0.3) is 5.91 Å². The molecule has 15 nitrogen and oxygen atoms in total. The van der Waals surface area contributed by atoms with Gasteiger partial charge < -0.3 is 29.9 Å². The summed E-state index contributed by atoms with van der Waals surface area (Å²) in [7, 11) is -5.58. The number of benzene rings is 1. The Balaban J connectivity index is 1.05. The fourth-order valence-corrected chi connectivity index (χ4v) is 10.4. The summed E-state index contributed by atoms with van der Waals surface area (Å²) < 4.78 is 66.9. The number of nitrogens with zero attached hydrogens (tertiary/aromatic N) is 3. The van der Waals surface area contributed by atoms with Crippen LogP contribution in [0.4, 0.5) is 14.5 Å². The normalized spacial score (nSPS) is 24.2. The highest BCUT2D eigenvalue weighted by Crippen LogP contribution is 2.67. The van der Waals surface area contributed by atoms with Crippen LogP contribution in [0.2, 0.25) is 0 Å². The third-order valence-corrected chi connectivity index (χ3v) is 14.8. The summed E-state index contributed by atoms with van der Waals surface area (Å²) in [5.41, 5.74) is -6.22. The van der Waals surface area contributed by atoms with Crippen LogP contribution in [0.5, 0.6) is 0 Å². The van der Waals surface area contributed by atoms with Crippen LogP contribution in [0, 0.1) is 22.7 Å². The first-order valence-corrected chi connectivity index (χ1v) is 23.2. The SMILES string of the molecule is CC(C)(C)C(=O)OCOP(=O)(OCOC(=O)C(C)(C)C)C(F)(F)c1ccc2sc(C(=O)N[C@H]3C[C@H]4C[C@H]4C[C@H]4CC[C@@H](C(=O)N[C@@H]5CCN(c6cccnc6)C5)N4C3=O)cc2c1. The highest BCUT2D eigenvalue weighted by molar-refractivity contribution is 7.54. The largest absolute Gasteiger partial charge is 0.438 e. The fraction of sp³-hybridized carbons (Fsp3) is 0.581. The predicted molar refractivity (Wildman–Crippen MR) is 225 cm³/mol. The Morgan fingerprint density at radius 2 is 1.56 bits per heavy atom. The van der Waals surface area contributed by atoms with Gasteiger partial charge in [0.1, 0.15) is 12.1 Å². The number of thiophene rings is 1. The number of hydrogen-bond donors (Lipinski definition) is 2. The number of rotatable bonds is 13. The van der Waals surface area contributed by atoms with Gasteiger partial charge >= 0.3 is 25.2 Å². The van der Waals surface area contributed by atoms with E-state index >= 15 is 8.78 Å². The van der Waals surface area contributed by atoms with E-state index in [9.17, 15) is 28.5 Å². The Morgan fingerprint density at radius 1 is 0.887 bits per heavy atom. The van der Waals surface area contributed by atoms with Crippen molar-refractivity contribution in [2.45, 2.75) is 110 Å². The minimum absolute atomic E-state index is 0.0911. The highest BCUT2D eigenvalue weighted by Gasteiger charge is 2.56. The predicted octanol–water partition coefficient (Wildman–Crippen LogP) is 6.95. The van der Waals surface area contributed by atoms with Crippen molar-refractivity contribution in [3.05, 3.63) is 59.2 Å². The molecule has 2 aromatic heterocycles. The van der Waals surface area contributed by atoms with Gasteiger partial charge in [-0.1, -0.05) is 6.07 Å². The van der Waals surface area contributed by atoms with Crippen LogP contribution < -0.4 is 15.5 Å². The maximum Gasteiger partial charge on any atom is 0.410 e. The van der Waals surface area contributed by atoms with Crippen molar-refractivity contribution < 1.29 is 55.8 Å². The van der Waals surface area contributed by atoms with Gasteiger partial charge in [-0.05, 0) is 128 Å². The summed E-state index contributed by atoms with van der Waals surface area (Å²) in [6.07, 6.45) is 7.64. The lowest BCUT2D eigenvalue weighted by Gasteiger charge is -2.35. The van der Waals surface area contributed by atoms with Crippen LogP contribution >= 0.6 is 18.9 Å². The molecule has 4 fully saturated rings. The van der Waals surface area contributed by atoms with Crippen molar-refractivity contribution in [3.63, 3.8) is 0 Å². The maximum atomic E-state index is 16.3. The number of pyridine rings is 1. The molecule has 1 saturated carbocycles. The average Bonchev–Trinajstić information content (AvgIpc) is 3.55. The van der Waals surface area contributed by atoms with Crippen molar-refractivity contribution in [2.24, 2.45) is 22.7 Å². The lowest BCUT2D eigenvalue weighted by Crippen LogP contribution is -2.57. The van der Waals surface area contributed by atoms with Crippen molar-refractivity contribution in [1.82, 2.24) is 20.5 Å². The summed E-state index contributed by atoms with van der Waals surface area (Å²) in [6.45, 7) is 8.30. The second-order valence-corrected chi connectivity index (χ2v) is 21.8. The molecule has 19 heteroatoms. The van der Waals surface area contributed by atoms with Crippen LogP contribution in [0.15, 0.2) is 48.8 Å². The van der Waals surface area contributed by atoms with E-state index in [1.54, 1.807) is 17.3 Å². The first kappa shape index (κ1) is 45.5. The first-order valence-electron chi connectivity index (χ1n) is 20.9. The molecule has 3 saturated heterocycles. The molecule has 5 heterocycles. The van der Waals surface area contributed by atoms with Gasteiger partial charge in [0.2, 0.25) is 25.4 Å². The Bertz CT molecular complexity index is 2210. The zero-order chi connectivity index (χ0) is 44.8. The molecule has 1 aliphatic carbocycles. The Morgan fingerprint density at radius 3 is 2.21 bits per heavy atom. The molecule has 3 aliphatic heterocycles. The number of anilines is 1. The molecule has 4 aliphatic rings. The number of carbonyl (C=O) groups excluding carboxylic acids is 5. The second-order valence-electron chi connectivity index (χ2n) is 18.7. The fourth-order valence-electron chi connectivity index (χ4n) is 8.26. The molecular weight excluding hydrogens is 848 g/mol. The van der Waals surface area contributed by atoms with Crippen LogP contribution in [-0.2, 0) is 47.9 Å². The van der Waals surface area contributed by atoms with Crippen LogP contribution in [0.3, 0.4) is 0 Å². The van der Waals surface area contributed by atoms with Gasteiger partial charge in [0.15, 0.2) is 0 Å². The zero-order valence-electron chi connectivity index (χ0n) is 35.7. The number of carbonyl (C=O) groups is 5. The van der Waals surface area contributed by atoms with Crippen molar-refractivity contribution in [2.75, 3.05) is 31.6 Å². The van der Waals surface area contributed by atoms with E-state index in [4.69, 9.17) is 18.5 Å².